The molecule has 0 aromatic carbocycles. The number of thiazole rings is 1. The number of aliphatic carboxylic acids is 1. The van der Waals surface area contributed by atoms with Crippen LogP contribution in [0.4, 0.5) is 9.93 Å². The lowest BCUT2D eigenvalue weighted by Crippen LogP contribution is -2.37. The van der Waals surface area contributed by atoms with Gasteiger partial charge < -0.3 is 9.84 Å². The fraction of sp³-hybridized carbons (Fsp3) is 0.500. The fourth-order valence-corrected chi connectivity index (χ4v) is 2.13. The summed E-state index contributed by atoms with van der Waals surface area (Å²) in [5.41, 5.74) is 0.701. The maximum absolute atomic E-state index is 11.5. The minimum absolute atomic E-state index is 0.132. The molecule has 9 heteroatoms. The molecule has 0 aliphatic heterocycles. The number of carboxylic acids is 1. The number of carboxylic acid groups (broad SMARTS) is 1. The molecule has 1 heterocycles. The molecule has 116 valence electrons. The van der Waals surface area contributed by atoms with Gasteiger partial charge >= 0.3 is 12.0 Å². The van der Waals surface area contributed by atoms with E-state index in [0.29, 0.717) is 5.13 Å². The predicted octanol–water partition coefficient (Wildman–Crippen LogP) is 1.19. The zero-order valence-corrected chi connectivity index (χ0v) is 12.7. The molecular formula is C12H17N3O5S. The summed E-state index contributed by atoms with van der Waals surface area (Å²) in [5.74, 6) is -1.92. The van der Waals surface area contributed by atoms with Gasteiger partial charge in [0.2, 0.25) is 0 Å². The number of aromatic nitrogens is 1. The second-order valence-electron chi connectivity index (χ2n) is 5.18. The van der Waals surface area contributed by atoms with Crippen molar-refractivity contribution >= 4 is 34.4 Å². The second-order valence-corrected chi connectivity index (χ2v) is 6.03. The van der Waals surface area contributed by atoms with Crippen LogP contribution in [0.1, 0.15) is 26.5 Å². The van der Waals surface area contributed by atoms with Gasteiger partial charge in [0.25, 0.3) is 5.91 Å². The van der Waals surface area contributed by atoms with Crippen LogP contribution in [0.15, 0.2) is 5.38 Å². The van der Waals surface area contributed by atoms with Gasteiger partial charge in [-0.25, -0.2) is 14.6 Å². The molecule has 0 spiro atoms. The number of hydrogen-bond acceptors (Lipinski definition) is 6. The fourth-order valence-electron chi connectivity index (χ4n) is 1.20. The molecule has 8 nitrogen and oxygen atoms in total. The Morgan fingerprint density at radius 3 is 2.52 bits per heavy atom. The smallest absolute Gasteiger partial charge is 0.329 e. The highest BCUT2D eigenvalue weighted by Gasteiger charge is 2.18. The van der Waals surface area contributed by atoms with Gasteiger partial charge in [0.15, 0.2) is 5.13 Å². The van der Waals surface area contributed by atoms with Gasteiger partial charge in [0.1, 0.15) is 13.2 Å². The summed E-state index contributed by atoms with van der Waals surface area (Å²) >= 11 is 1.25. The van der Waals surface area contributed by atoms with Crippen molar-refractivity contribution in [3.8, 4) is 0 Å². The third-order valence-corrected chi connectivity index (χ3v) is 2.96. The van der Waals surface area contributed by atoms with E-state index in [1.165, 1.54) is 11.3 Å². The number of hydrogen-bond donors (Lipinski definition) is 3. The molecule has 1 aromatic rings. The topological polar surface area (TPSA) is 118 Å². The predicted molar refractivity (Wildman–Crippen MR) is 76.4 cm³/mol. The molecular weight excluding hydrogens is 298 g/mol. The quantitative estimate of drug-likeness (QED) is 0.751. The number of nitrogens with one attached hydrogen (secondary N) is 2. The van der Waals surface area contributed by atoms with Crippen molar-refractivity contribution in [3.05, 3.63) is 11.1 Å². The van der Waals surface area contributed by atoms with Crippen LogP contribution in [0.2, 0.25) is 0 Å². The van der Waals surface area contributed by atoms with Crippen LogP contribution in [-0.4, -0.2) is 41.2 Å². The van der Waals surface area contributed by atoms with Crippen LogP contribution in [0, 0.1) is 0 Å². The summed E-state index contributed by atoms with van der Waals surface area (Å²) in [6, 6.07) is -0.742. The molecule has 1 rings (SSSR count). The number of anilines is 1. The SMILES string of the molecule is CC(C)(C)c1csc(NC(=O)NC(=O)COCC(=O)O)n1. The molecule has 0 aliphatic carbocycles. The summed E-state index contributed by atoms with van der Waals surface area (Å²) in [6.07, 6.45) is 0. The van der Waals surface area contributed by atoms with E-state index >= 15 is 0 Å². The van der Waals surface area contributed by atoms with Gasteiger partial charge in [-0.2, -0.15) is 0 Å². The van der Waals surface area contributed by atoms with Crippen molar-refractivity contribution < 1.29 is 24.2 Å². The molecule has 1 aromatic heterocycles. The third-order valence-electron chi connectivity index (χ3n) is 2.20. The molecule has 0 fully saturated rings. The monoisotopic (exact) mass is 315 g/mol. The van der Waals surface area contributed by atoms with Gasteiger partial charge in [-0.05, 0) is 0 Å². The van der Waals surface area contributed by atoms with Gasteiger partial charge in [-0.1, -0.05) is 20.8 Å². The number of urea groups is 1. The van der Waals surface area contributed by atoms with Crippen molar-refractivity contribution in [1.29, 1.82) is 0 Å². The molecule has 0 radical (unpaired) electrons. The zero-order valence-electron chi connectivity index (χ0n) is 11.9. The van der Waals surface area contributed by atoms with Gasteiger partial charge in [-0.3, -0.25) is 15.4 Å². The number of imide groups is 1. The maximum Gasteiger partial charge on any atom is 0.329 e. The van der Waals surface area contributed by atoms with Gasteiger partial charge in [0.05, 0.1) is 5.69 Å². The summed E-state index contributed by atoms with van der Waals surface area (Å²) < 4.78 is 4.55. The Hall–Kier alpha value is -2.00. The molecule has 0 unspecified atom stereocenters. The Balaban J connectivity index is 2.41. The van der Waals surface area contributed by atoms with Crippen LogP contribution in [0.25, 0.3) is 0 Å². The number of rotatable bonds is 5. The van der Waals surface area contributed by atoms with Crippen molar-refractivity contribution in [2.75, 3.05) is 18.5 Å². The highest BCUT2D eigenvalue weighted by Crippen LogP contribution is 2.26. The van der Waals surface area contributed by atoms with Crippen molar-refractivity contribution in [2.45, 2.75) is 26.2 Å². The number of carbonyl (C=O) groups is 3. The molecule has 0 aliphatic rings. The molecule has 3 N–H and O–H groups in total. The summed E-state index contributed by atoms with van der Waals surface area (Å²) in [6.45, 7) is 4.88. The summed E-state index contributed by atoms with van der Waals surface area (Å²) in [7, 11) is 0. The molecule has 21 heavy (non-hydrogen) atoms. The lowest BCUT2D eigenvalue weighted by molar-refractivity contribution is -0.143. The highest BCUT2D eigenvalue weighted by atomic mass is 32.1. The summed E-state index contributed by atoms with van der Waals surface area (Å²) in [5, 5.41) is 15.0. The molecule has 3 amide bonds. The van der Waals surface area contributed by atoms with E-state index < -0.39 is 31.1 Å². The highest BCUT2D eigenvalue weighted by molar-refractivity contribution is 7.13. The first kappa shape index (κ1) is 17.1. The third kappa shape index (κ3) is 6.32. The first-order chi connectivity index (χ1) is 9.68. The van der Waals surface area contributed by atoms with E-state index in [0.717, 1.165) is 5.69 Å². The number of ether oxygens (including phenoxy) is 1. The van der Waals surface area contributed by atoms with Crippen LogP contribution in [-0.2, 0) is 19.7 Å². The average Bonchev–Trinajstić information content (AvgIpc) is 2.76. The Labute approximate surface area is 125 Å². The Morgan fingerprint density at radius 1 is 1.33 bits per heavy atom. The first-order valence-corrected chi connectivity index (χ1v) is 6.93. The largest absolute Gasteiger partial charge is 0.480 e. The maximum atomic E-state index is 11.5. The number of amides is 3. The number of nitrogens with zero attached hydrogens (tertiary/aromatic N) is 1. The van der Waals surface area contributed by atoms with Crippen molar-refractivity contribution in [2.24, 2.45) is 0 Å². The molecule has 0 saturated heterocycles. The standard InChI is InChI=1S/C12H17N3O5S/c1-12(2,3)7-6-21-11(13-7)15-10(19)14-8(16)4-20-5-9(17)18/h6H,4-5H2,1-3H3,(H,17,18)(H2,13,14,15,16,19). The number of carbonyl (C=O) groups excluding carboxylic acids is 2. The average molecular weight is 315 g/mol. The van der Waals surface area contributed by atoms with Crippen LogP contribution >= 0.6 is 11.3 Å². The van der Waals surface area contributed by atoms with E-state index in [1.54, 1.807) is 0 Å². The van der Waals surface area contributed by atoms with E-state index in [9.17, 15) is 14.4 Å². The van der Waals surface area contributed by atoms with Gasteiger partial charge in [0, 0.05) is 10.8 Å². The van der Waals surface area contributed by atoms with Crippen molar-refractivity contribution in [3.63, 3.8) is 0 Å². The minimum atomic E-state index is -1.19. The molecule has 0 bridgehead atoms. The molecule has 0 atom stereocenters. The first-order valence-electron chi connectivity index (χ1n) is 6.05. The second kappa shape index (κ2) is 7.14. The van der Waals surface area contributed by atoms with Gasteiger partial charge in [-0.15, -0.1) is 11.3 Å². The van der Waals surface area contributed by atoms with Crippen LogP contribution < -0.4 is 10.6 Å². The Kier molecular flexibility index (Phi) is 5.79. The lowest BCUT2D eigenvalue weighted by atomic mass is 9.93. The van der Waals surface area contributed by atoms with E-state index in [4.69, 9.17) is 5.11 Å². The molecule has 0 saturated carbocycles. The van der Waals surface area contributed by atoms with E-state index in [1.807, 2.05) is 31.5 Å². The lowest BCUT2D eigenvalue weighted by Gasteiger charge is -2.14. The van der Waals surface area contributed by atoms with Crippen LogP contribution in [0.5, 0.6) is 0 Å². The Bertz CT molecular complexity index is 535. The summed E-state index contributed by atoms with van der Waals surface area (Å²) in [4.78, 5) is 37.2. The van der Waals surface area contributed by atoms with Crippen molar-refractivity contribution in [1.82, 2.24) is 10.3 Å². The van der Waals surface area contributed by atoms with E-state index in [2.05, 4.69) is 15.0 Å². The normalized spacial score (nSPS) is 11.0. The minimum Gasteiger partial charge on any atom is -0.480 e. The van der Waals surface area contributed by atoms with Crippen LogP contribution in [0.3, 0.4) is 0 Å². The zero-order chi connectivity index (χ0) is 16.0. The van der Waals surface area contributed by atoms with E-state index in [-0.39, 0.29) is 5.41 Å². The Morgan fingerprint density at radius 2 is 2.00 bits per heavy atom.